The minimum Gasteiger partial charge on any atom is -0.507 e. The molecule has 4 atom stereocenters. The van der Waals surface area contributed by atoms with Gasteiger partial charge < -0.3 is 19.9 Å². The number of aromatic hydroxyl groups is 1. The first-order chi connectivity index (χ1) is 20.8. The fourth-order valence-electron chi connectivity index (χ4n) is 7.45. The molecule has 2 heterocycles. The van der Waals surface area contributed by atoms with Gasteiger partial charge in [-0.1, -0.05) is 80.0 Å². The van der Waals surface area contributed by atoms with E-state index in [1.165, 1.54) is 27.7 Å². The molecule has 0 spiro atoms. The van der Waals surface area contributed by atoms with Gasteiger partial charge in [0, 0.05) is 11.3 Å². The van der Waals surface area contributed by atoms with Crippen LogP contribution in [-0.4, -0.2) is 46.8 Å². The zero-order valence-electron chi connectivity index (χ0n) is 24.7. The highest BCUT2D eigenvalue weighted by Crippen LogP contribution is 2.51. The summed E-state index contributed by atoms with van der Waals surface area (Å²) < 4.78 is 6.41. The van der Waals surface area contributed by atoms with E-state index < -0.39 is 19.0 Å². The van der Waals surface area contributed by atoms with E-state index in [0.29, 0.717) is 18.7 Å². The molecule has 222 valence electrons. The van der Waals surface area contributed by atoms with Crippen molar-refractivity contribution in [2.24, 2.45) is 17.8 Å². The highest BCUT2D eigenvalue weighted by atomic mass is 16.5. The van der Waals surface area contributed by atoms with Crippen molar-refractivity contribution in [1.29, 1.82) is 0 Å². The first kappa shape index (κ1) is 29.4. The van der Waals surface area contributed by atoms with Crippen LogP contribution in [0.3, 0.4) is 0 Å². The lowest BCUT2D eigenvalue weighted by molar-refractivity contribution is -0.122. The van der Waals surface area contributed by atoms with Gasteiger partial charge in [-0.2, -0.15) is 0 Å². The van der Waals surface area contributed by atoms with Gasteiger partial charge in [0.05, 0.1) is 30.2 Å². The van der Waals surface area contributed by atoms with Crippen LogP contribution in [0.2, 0.25) is 0 Å². The van der Waals surface area contributed by atoms with Crippen molar-refractivity contribution in [1.82, 2.24) is 0 Å². The lowest BCUT2D eigenvalue weighted by Crippen LogP contribution is -2.35. The lowest BCUT2D eigenvalue weighted by Gasteiger charge is -2.31. The Morgan fingerprint density at radius 1 is 0.977 bits per heavy atom. The highest BCUT2D eigenvalue weighted by Gasteiger charge is 2.57. The summed E-state index contributed by atoms with van der Waals surface area (Å²) in [5.74, 6) is -1.21. The van der Waals surface area contributed by atoms with Crippen LogP contribution in [0, 0.1) is 17.8 Å². The highest BCUT2D eigenvalue weighted by molar-refractivity contribution is 6.58. The normalized spacial score (nSPS) is 23.7. The number of carbonyl (C=O) groups is 2. The fourth-order valence-corrected chi connectivity index (χ4v) is 7.45. The number of allylic oxidation sites excluding steroid dienone is 2. The smallest absolute Gasteiger partial charge is 0.488 e. The van der Waals surface area contributed by atoms with E-state index in [1.54, 1.807) is 24.3 Å². The van der Waals surface area contributed by atoms with E-state index in [-0.39, 0.29) is 35.0 Å². The fraction of sp³-hybridized carbons (Fsp3) is 0.371. The van der Waals surface area contributed by atoms with Crippen molar-refractivity contribution >= 4 is 46.9 Å². The molecule has 2 saturated heterocycles. The van der Waals surface area contributed by atoms with Gasteiger partial charge in [-0.15, -0.1) is 0 Å². The van der Waals surface area contributed by atoms with E-state index in [0.717, 1.165) is 48.4 Å². The van der Waals surface area contributed by atoms with Crippen molar-refractivity contribution in [2.45, 2.75) is 58.5 Å². The average molecular weight is 580 g/mol. The summed E-state index contributed by atoms with van der Waals surface area (Å²) >= 11 is 0. The number of nitrogens with zero attached hydrogens (tertiary/aromatic N) is 1. The molecule has 0 unspecified atom stereocenters. The summed E-state index contributed by atoms with van der Waals surface area (Å²) in [6, 6.07) is 18.0. The van der Waals surface area contributed by atoms with Crippen LogP contribution in [-0.2, 0) is 14.3 Å². The molecule has 7 nitrogen and oxygen atoms in total. The number of ether oxygens (including phenoxy) is 1. The number of hydrogen-bond acceptors (Lipinski definition) is 6. The molecule has 0 bridgehead atoms. The summed E-state index contributed by atoms with van der Waals surface area (Å²) in [5, 5.41) is 31.5. The maximum Gasteiger partial charge on any atom is 0.488 e. The summed E-state index contributed by atoms with van der Waals surface area (Å²) in [7, 11) is -1.68. The van der Waals surface area contributed by atoms with E-state index in [1.807, 2.05) is 30.3 Å². The van der Waals surface area contributed by atoms with E-state index in [9.17, 15) is 24.7 Å². The van der Waals surface area contributed by atoms with Crippen LogP contribution < -0.4 is 10.4 Å². The number of rotatable bonds is 9. The van der Waals surface area contributed by atoms with Gasteiger partial charge in [-0.05, 0) is 72.3 Å². The number of anilines is 1. The Morgan fingerprint density at radius 3 is 2.51 bits per heavy atom. The van der Waals surface area contributed by atoms with Crippen LogP contribution in [0.4, 0.5) is 5.69 Å². The van der Waals surface area contributed by atoms with Crippen LogP contribution in [0.1, 0.15) is 57.9 Å². The molecule has 6 rings (SSSR count). The molecule has 2 amide bonds. The second kappa shape index (κ2) is 12.1. The minimum absolute atomic E-state index is 0.0949. The predicted molar refractivity (Wildman–Crippen MR) is 169 cm³/mol. The standard InChI is InChI=1S/C35H38BNO6/c1-3-8-21(17-23-14-15-30(38)27-12-6-5-11-26(23)27)13-16-31-32-22(4-2)18-28-33(29(32)20-43-31)35(40)37(34(28)39)25-10-7-9-24(19-25)36(41)42/h5-7,9-12,14-15,17,19,28-29,31,33,38,41-42H,3-4,8,13,16,18,20H2,1-2H3/b21-17+/t28-,29+,31-,33-/m1/s1. The van der Waals surface area contributed by atoms with Gasteiger partial charge in [0.15, 0.2) is 0 Å². The third-order valence-electron chi connectivity index (χ3n) is 9.45. The molecule has 3 aliphatic rings. The molecule has 8 heteroatoms. The van der Waals surface area contributed by atoms with Crippen LogP contribution in [0.5, 0.6) is 5.75 Å². The van der Waals surface area contributed by atoms with Crippen molar-refractivity contribution in [2.75, 3.05) is 11.5 Å². The number of phenolic OH excluding ortho intramolecular Hbond substituents is 1. The maximum absolute atomic E-state index is 13.8. The number of phenols is 1. The molecule has 2 fully saturated rings. The molecular formula is C35H38BNO6. The summed E-state index contributed by atoms with van der Waals surface area (Å²) in [6.07, 6.45) is 7.14. The van der Waals surface area contributed by atoms with Crippen LogP contribution in [0.15, 0.2) is 77.4 Å². The first-order valence-electron chi connectivity index (χ1n) is 15.4. The van der Waals surface area contributed by atoms with Gasteiger partial charge in [0.2, 0.25) is 11.8 Å². The molecule has 0 aromatic heterocycles. The van der Waals surface area contributed by atoms with Crippen molar-refractivity contribution in [3.8, 4) is 5.75 Å². The van der Waals surface area contributed by atoms with Gasteiger partial charge in [0.1, 0.15) is 5.75 Å². The van der Waals surface area contributed by atoms with Crippen molar-refractivity contribution < 1.29 is 29.5 Å². The molecular weight excluding hydrogens is 541 g/mol. The molecule has 43 heavy (non-hydrogen) atoms. The Morgan fingerprint density at radius 2 is 1.77 bits per heavy atom. The minimum atomic E-state index is -1.68. The lowest BCUT2D eigenvalue weighted by atomic mass is 9.69. The number of benzene rings is 3. The molecule has 3 aromatic carbocycles. The number of amides is 2. The maximum atomic E-state index is 13.8. The quantitative estimate of drug-likeness (QED) is 0.185. The van der Waals surface area contributed by atoms with Gasteiger partial charge in [-0.25, -0.2) is 0 Å². The van der Waals surface area contributed by atoms with E-state index in [2.05, 4.69) is 19.9 Å². The first-order valence-corrected chi connectivity index (χ1v) is 15.4. The Bertz CT molecular complexity index is 1630. The van der Waals surface area contributed by atoms with Crippen molar-refractivity contribution in [3.05, 3.63) is 82.9 Å². The zero-order chi connectivity index (χ0) is 30.2. The summed E-state index contributed by atoms with van der Waals surface area (Å²) in [5.41, 5.74) is 5.45. The average Bonchev–Trinajstić information content (AvgIpc) is 3.55. The molecule has 0 saturated carbocycles. The van der Waals surface area contributed by atoms with Gasteiger partial charge in [-0.3, -0.25) is 14.5 Å². The number of hydrogen-bond donors (Lipinski definition) is 3. The third-order valence-corrected chi connectivity index (χ3v) is 9.45. The van der Waals surface area contributed by atoms with Gasteiger partial charge in [0.25, 0.3) is 0 Å². The number of carbonyl (C=O) groups excluding carboxylic acids is 2. The van der Waals surface area contributed by atoms with Gasteiger partial charge >= 0.3 is 7.12 Å². The molecule has 3 aromatic rings. The molecule has 2 aliphatic heterocycles. The Kier molecular flexibility index (Phi) is 8.27. The van der Waals surface area contributed by atoms with E-state index >= 15 is 0 Å². The zero-order valence-corrected chi connectivity index (χ0v) is 24.7. The summed E-state index contributed by atoms with van der Waals surface area (Å²) in [6.45, 7) is 4.70. The molecule has 0 radical (unpaired) electrons. The number of fused-ring (bicyclic) bond motifs is 4. The second-order valence-electron chi connectivity index (χ2n) is 12.0. The summed E-state index contributed by atoms with van der Waals surface area (Å²) in [4.78, 5) is 28.7. The largest absolute Gasteiger partial charge is 0.507 e. The predicted octanol–water partition coefficient (Wildman–Crippen LogP) is 5.12. The van der Waals surface area contributed by atoms with Crippen LogP contribution >= 0.6 is 0 Å². The molecule has 3 N–H and O–H groups in total. The SMILES string of the molecule is CCC/C(=C\c1ccc(O)c2ccccc12)CC[C@H]1OC[C@H]2C1=C(CC)C[C@H]1C(=O)N(c3cccc(B(O)O)c3)C(=O)[C@H]12. The Labute approximate surface area is 252 Å². The topological polar surface area (TPSA) is 107 Å². The Balaban J connectivity index is 1.24. The second-order valence-corrected chi connectivity index (χ2v) is 12.0. The third kappa shape index (κ3) is 5.33. The van der Waals surface area contributed by atoms with Crippen LogP contribution in [0.25, 0.3) is 16.8 Å². The van der Waals surface area contributed by atoms with Crippen molar-refractivity contribution in [3.63, 3.8) is 0 Å². The number of imide groups is 1. The monoisotopic (exact) mass is 579 g/mol. The molecule has 1 aliphatic carbocycles. The van der Waals surface area contributed by atoms with E-state index in [4.69, 9.17) is 4.74 Å². The Hall–Kier alpha value is -3.72.